The average molecular weight is 421 g/mol. The van der Waals surface area contributed by atoms with Crippen LogP contribution in [0.4, 0.5) is 0 Å². The summed E-state index contributed by atoms with van der Waals surface area (Å²) in [5.41, 5.74) is 0. The molecular weight excluding hydrogens is 384 g/mol. The summed E-state index contributed by atoms with van der Waals surface area (Å²) < 4.78 is 7.30. The fourth-order valence-corrected chi connectivity index (χ4v) is 9.74. The van der Waals surface area contributed by atoms with E-state index in [9.17, 15) is 4.79 Å². The van der Waals surface area contributed by atoms with E-state index >= 15 is 0 Å². The molecule has 2 aromatic rings. The predicted molar refractivity (Wildman–Crippen MR) is 129 cm³/mol. The Bertz CT molecular complexity index is 797. The summed E-state index contributed by atoms with van der Waals surface area (Å²) in [7, 11) is -2.52. The van der Waals surface area contributed by atoms with Crippen LogP contribution >= 0.6 is 0 Å². The summed E-state index contributed by atoms with van der Waals surface area (Å²) in [4.78, 5) is 12.2. The Morgan fingerprint density at radius 3 is 2.07 bits per heavy atom. The maximum absolute atomic E-state index is 12.2. The molecule has 0 radical (unpaired) electrons. The summed E-state index contributed by atoms with van der Waals surface area (Å²) in [5.74, 6) is 0.666. The van der Waals surface area contributed by atoms with Crippen LogP contribution < -0.4 is 10.4 Å². The summed E-state index contributed by atoms with van der Waals surface area (Å²) >= 11 is 0. The average Bonchev–Trinajstić information content (AvgIpc) is 2.73. The zero-order valence-corrected chi connectivity index (χ0v) is 19.9. The van der Waals surface area contributed by atoms with Crippen molar-refractivity contribution >= 4 is 24.5 Å². The van der Waals surface area contributed by atoms with Crippen molar-refractivity contribution in [2.75, 3.05) is 0 Å². The Balaban J connectivity index is 1.96. The normalized spacial score (nSPS) is 20.4. The molecule has 30 heavy (non-hydrogen) atoms. The Kier molecular flexibility index (Phi) is 7.48. The van der Waals surface area contributed by atoms with Crippen molar-refractivity contribution in [2.24, 2.45) is 5.92 Å². The van der Waals surface area contributed by atoms with Gasteiger partial charge in [-0.2, -0.15) is 0 Å². The second-order valence-corrected chi connectivity index (χ2v) is 13.9. The minimum absolute atomic E-state index is 0.0105. The van der Waals surface area contributed by atoms with Crippen molar-refractivity contribution in [3.05, 3.63) is 72.8 Å². The first-order chi connectivity index (χ1) is 14.4. The first-order valence-corrected chi connectivity index (χ1v) is 13.2. The van der Waals surface area contributed by atoms with Gasteiger partial charge in [0.15, 0.2) is 5.78 Å². The van der Waals surface area contributed by atoms with E-state index in [-0.39, 0.29) is 16.9 Å². The smallest absolute Gasteiger partial charge is 0.261 e. The van der Waals surface area contributed by atoms with Gasteiger partial charge in [-0.25, -0.2) is 0 Å². The van der Waals surface area contributed by atoms with E-state index < -0.39 is 8.32 Å². The Labute approximate surface area is 183 Å². The molecule has 0 spiro atoms. The molecule has 0 aromatic heterocycles. The van der Waals surface area contributed by atoms with E-state index in [1.165, 1.54) is 10.4 Å². The summed E-state index contributed by atoms with van der Waals surface area (Å²) in [6.45, 7) is 8.90. The molecule has 1 unspecified atom stereocenters. The monoisotopic (exact) mass is 420 g/mol. The van der Waals surface area contributed by atoms with Gasteiger partial charge >= 0.3 is 0 Å². The molecule has 1 fully saturated rings. The topological polar surface area (TPSA) is 26.3 Å². The number of rotatable bonds is 7. The van der Waals surface area contributed by atoms with Gasteiger partial charge in [0.05, 0.1) is 0 Å². The lowest BCUT2D eigenvalue weighted by Crippen LogP contribution is -2.67. The van der Waals surface area contributed by atoms with Crippen LogP contribution in [0.3, 0.4) is 0 Å². The highest BCUT2D eigenvalue weighted by Crippen LogP contribution is 2.40. The van der Waals surface area contributed by atoms with Gasteiger partial charge in [-0.15, -0.1) is 0 Å². The van der Waals surface area contributed by atoms with Crippen LogP contribution in [0.5, 0.6) is 0 Å². The standard InChI is InChI=1S/C27H36O2Si/c1-5-13-23(28)20-22-14-12-15-24(21-22)29-30(27(2,3)4,25-16-8-6-9-17-25)26-18-10-7-11-19-26/h5-11,13,16-19,22,24H,12,14-15,20-21H2,1-4H3/b13-5+/t22-,24?/m0/s1. The Morgan fingerprint density at radius 1 is 1.00 bits per heavy atom. The second kappa shape index (κ2) is 9.89. The van der Waals surface area contributed by atoms with Gasteiger partial charge in [0.1, 0.15) is 0 Å². The molecule has 3 rings (SSSR count). The lowest BCUT2D eigenvalue weighted by Gasteiger charge is -2.46. The molecule has 2 nitrogen and oxygen atoms in total. The fraction of sp³-hybridized carbons (Fsp3) is 0.444. The van der Waals surface area contributed by atoms with Crippen molar-refractivity contribution < 1.29 is 9.22 Å². The van der Waals surface area contributed by atoms with E-state index in [0.29, 0.717) is 12.3 Å². The largest absolute Gasteiger partial charge is 0.404 e. The van der Waals surface area contributed by atoms with E-state index in [0.717, 1.165) is 25.7 Å². The maximum Gasteiger partial charge on any atom is 0.261 e. The summed E-state index contributed by atoms with van der Waals surface area (Å²) in [6, 6.07) is 21.7. The van der Waals surface area contributed by atoms with Crippen LogP contribution in [0.15, 0.2) is 72.8 Å². The predicted octanol–water partition coefficient (Wildman–Crippen LogP) is 5.66. The van der Waals surface area contributed by atoms with Crippen LogP contribution in [0.2, 0.25) is 5.04 Å². The number of hydrogen-bond donors (Lipinski definition) is 0. The molecule has 1 aliphatic rings. The van der Waals surface area contributed by atoms with Crippen LogP contribution in [-0.4, -0.2) is 20.2 Å². The van der Waals surface area contributed by atoms with Gasteiger partial charge in [-0.3, -0.25) is 4.79 Å². The number of ketones is 1. The maximum atomic E-state index is 12.2. The fourth-order valence-electron chi connectivity index (χ4n) is 5.01. The van der Waals surface area contributed by atoms with Gasteiger partial charge in [0, 0.05) is 12.5 Å². The van der Waals surface area contributed by atoms with Crippen LogP contribution in [0.25, 0.3) is 0 Å². The highest BCUT2D eigenvalue weighted by Gasteiger charge is 2.51. The molecule has 2 atom stereocenters. The first-order valence-electron chi connectivity index (χ1n) is 11.3. The van der Waals surface area contributed by atoms with E-state index in [1.54, 1.807) is 6.08 Å². The number of benzene rings is 2. The Morgan fingerprint density at radius 2 is 1.57 bits per heavy atom. The van der Waals surface area contributed by atoms with E-state index in [4.69, 9.17) is 4.43 Å². The van der Waals surface area contributed by atoms with Gasteiger partial charge in [-0.1, -0.05) is 93.9 Å². The number of allylic oxidation sites excluding steroid dienone is 2. The lowest BCUT2D eigenvalue weighted by molar-refractivity contribution is -0.115. The SMILES string of the molecule is C/C=C/C(=O)C[C@@H]1CCCC(O[Si](c2ccccc2)(c2ccccc2)C(C)(C)C)C1. The third kappa shape index (κ3) is 5.01. The zero-order valence-electron chi connectivity index (χ0n) is 18.9. The van der Waals surface area contributed by atoms with Crippen LogP contribution in [0, 0.1) is 5.92 Å². The highest BCUT2D eigenvalue weighted by molar-refractivity contribution is 6.99. The van der Waals surface area contributed by atoms with Gasteiger partial charge in [-0.05, 0) is 53.6 Å². The summed E-state index contributed by atoms with van der Waals surface area (Å²) in [6.07, 6.45) is 8.74. The number of hydrogen-bond acceptors (Lipinski definition) is 2. The van der Waals surface area contributed by atoms with Gasteiger partial charge < -0.3 is 4.43 Å². The molecule has 0 heterocycles. The minimum Gasteiger partial charge on any atom is -0.404 e. The van der Waals surface area contributed by atoms with Gasteiger partial charge in [0.2, 0.25) is 0 Å². The van der Waals surface area contributed by atoms with Crippen LogP contribution in [0.1, 0.15) is 59.8 Å². The summed E-state index contributed by atoms with van der Waals surface area (Å²) in [5, 5.41) is 2.65. The Hall–Kier alpha value is -1.97. The first kappa shape index (κ1) is 22.7. The van der Waals surface area contributed by atoms with Gasteiger partial charge in [0.25, 0.3) is 8.32 Å². The third-order valence-corrected chi connectivity index (χ3v) is 11.4. The highest BCUT2D eigenvalue weighted by atomic mass is 28.4. The molecular formula is C27H36O2Si. The zero-order chi connectivity index (χ0) is 21.6. The second-order valence-electron chi connectivity index (χ2n) is 9.61. The van der Waals surface area contributed by atoms with Crippen molar-refractivity contribution in [1.29, 1.82) is 0 Å². The number of carbonyl (C=O) groups is 1. The quantitative estimate of drug-likeness (QED) is 0.427. The van der Waals surface area contributed by atoms with E-state index in [1.807, 2.05) is 13.0 Å². The lowest BCUT2D eigenvalue weighted by atomic mass is 9.84. The van der Waals surface area contributed by atoms with Crippen molar-refractivity contribution in [3.8, 4) is 0 Å². The molecule has 2 aromatic carbocycles. The van der Waals surface area contributed by atoms with Crippen molar-refractivity contribution in [3.63, 3.8) is 0 Å². The molecule has 0 amide bonds. The molecule has 3 heteroatoms. The van der Waals surface area contributed by atoms with Crippen molar-refractivity contribution in [1.82, 2.24) is 0 Å². The molecule has 0 saturated heterocycles. The molecule has 160 valence electrons. The molecule has 0 aliphatic heterocycles. The minimum atomic E-state index is -2.52. The van der Waals surface area contributed by atoms with Crippen molar-refractivity contribution in [2.45, 2.75) is 70.9 Å². The number of carbonyl (C=O) groups excluding carboxylic acids is 1. The molecule has 0 bridgehead atoms. The third-order valence-electron chi connectivity index (χ3n) is 6.34. The molecule has 0 N–H and O–H groups in total. The van der Waals surface area contributed by atoms with Crippen LogP contribution in [-0.2, 0) is 9.22 Å². The molecule has 1 saturated carbocycles. The van der Waals surface area contributed by atoms with E-state index in [2.05, 4.69) is 81.4 Å². The molecule has 1 aliphatic carbocycles.